The predicted molar refractivity (Wildman–Crippen MR) is 112 cm³/mol. The minimum absolute atomic E-state index is 0.136. The quantitative estimate of drug-likeness (QED) is 0.511. The fourth-order valence-electron chi connectivity index (χ4n) is 2.98. The number of aryl methyl sites for hydroxylation is 1. The number of hydrogen-bond donors (Lipinski definition) is 0. The molecule has 0 radical (unpaired) electrons. The van der Waals surface area contributed by atoms with E-state index >= 15 is 0 Å². The molecule has 0 fully saturated rings. The highest BCUT2D eigenvalue weighted by atomic mass is 32.2. The summed E-state index contributed by atoms with van der Waals surface area (Å²) >= 11 is 0. The van der Waals surface area contributed by atoms with Gasteiger partial charge in [0.1, 0.15) is 11.5 Å². The fraction of sp³-hybridized carbons (Fsp3) is 0.333. The molecule has 0 N–H and O–H groups in total. The monoisotopic (exact) mass is 431 g/mol. The smallest absolute Gasteiger partial charge is 0.243 e. The summed E-state index contributed by atoms with van der Waals surface area (Å²) in [6.45, 7) is 4.26. The Morgan fingerprint density at radius 1 is 1.03 bits per heavy atom. The highest BCUT2D eigenvalue weighted by molar-refractivity contribution is 7.89. The molecule has 0 bridgehead atoms. The Morgan fingerprint density at radius 2 is 1.77 bits per heavy atom. The second-order valence-corrected chi connectivity index (χ2v) is 8.44. The average Bonchev–Trinajstić information content (AvgIpc) is 3.26. The zero-order valence-corrected chi connectivity index (χ0v) is 18.3. The van der Waals surface area contributed by atoms with Crippen LogP contribution in [0.1, 0.15) is 25.3 Å². The molecule has 8 nitrogen and oxygen atoms in total. The van der Waals surface area contributed by atoms with Gasteiger partial charge >= 0.3 is 0 Å². The third-order valence-electron chi connectivity index (χ3n) is 4.69. The molecular weight excluding hydrogens is 406 g/mol. The lowest BCUT2D eigenvalue weighted by Crippen LogP contribution is -2.30. The van der Waals surface area contributed by atoms with E-state index in [2.05, 4.69) is 10.1 Å². The van der Waals surface area contributed by atoms with Crippen molar-refractivity contribution >= 4 is 10.0 Å². The first-order valence-corrected chi connectivity index (χ1v) is 11.0. The van der Waals surface area contributed by atoms with E-state index in [0.29, 0.717) is 36.0 Å². The molecule has 1 heterocycles. The van der Waals surface area contributed by atoms with Crippen molar-refractivity contribution in [2.75, 3.05) is 20.8 Å². The van der Waals surface area contributed by atoms with Gasteiger partial charge in [-0.1, -0.05) is 31.1 Å². The van der Waals surface area contributed by atoms with Crippen molar-refractivity contribution in [2.24, 2.45) is 0 Å². The number of hydrogen-bond acceptors (Lipinski definition) is 7. The summed E-state index contributed by atoms with van der Waals surface area (Å²) in [4.78, 5) is 4.44. The number of sulfonamides is 1. The molecule has 3 aromatic rings. The second-order valence-electron chi connectivity index (χ2n) is 6.51. The third kappa shape index (κ3) is 4.47. The number of aromatic nitrogens is 2. The lowest BCUT2D eigenvalue weighted by Gasteiger charge is -2.21. The first-order chi connectivity index (χ1) is 14.4. The minimum Gasteiger partial charge on any atom is -0.497 e. The van der Waals surface area contributed by atoms with Crippen LogP contribution in [0.2, 0.25) is 0 Å². The van der Waals surface area contributed by atoms with E-state index in [1.807, 2.05) is 31.2 Å². The molecule has 9 heteroatoms. The van der Waals surface area contributed by atoms with Gasteiger partial charge in [-0.25, -0.2) is 8.42 Å². The van der Waals surface area contributed by atoms with Gasteiger partial charge in [-0.2, -0.15) is 9.29 Å². The van der Waals surface area contributed by atoms with Crippen LogP contribution in [0.5, 0.6) is 11.5 Å². The number of rotatable bonds is 9. The van der Waals surface area contributed by atoms with Gasteiger partial charge in [0.2, 0.25) is 21.7 Å². The molecule has 0 amide bonds. The molecule has 0 saturated carbocycles. The van der Waals surface area contributed by atoms with Crippen molar-refractivity contribution in [3.05, 3.63) is 53.9 Å². The molecular formula is C21H25N3O5S. The van der Waals surface area contributed by atoms with Crippen LogP contribution < -0.4 is 9.47 Å². The van der Waals surface area contributed by atoms with Crippen molar-refractivity contribution in [1.29, 1.82) is 0 Å². The molecule has 160 valence electrons. The Hall–Kier alpha value is -2.91. The molecule has 0 aliphatic rings. The summed E-state index contributed by atoms with van der Waals surface area (Å²) in [5, 5.41) is 3.95. The summed E-state index contributed by atoms with van der Waals surface area (Å²) in [5.74, 6) is 1.94. The Balaban J connectivity index is 1.95. The number of methoxy groups -OCH3 is 2. The molecule has 0 atom stereocenters. The van der Waals surface area contributed by atoms with Crippen molar-refractivity contribution in [1.82, 2.24) is 14.4 Å². The van der Waals surface area contributed by atoms with Crippen molar-refractivity contribution < 1.29 is 22.4 Å². The van der Waals surface area contributed by atoms with Gasteiger partial charge in [0, 0.05) is 19.5 Å². The largest absolute Gasteiger partial charge is 0.497 e. The Labute approximate surface area is 176 Å². The van der Waals surface area contributed by atoms with Gasteiger partial charge in [-0.3, -0.25) is 0 Å². The maximum atomic E-state index is 13.3. The molecule has 2 aromatic carbocycles. The van der Waals surface area contributed by atoms with E-state index in [9.17, 15) is 8.42 Å². The number of ether oxygens (including phenoxy) is 2. The van der Waals surface area contributed by atoms with Gasteiger partial charge in [-0.15, -0.1) is 0 Å². The van der Waals surface area contributed by atoms with E-state index in [-0.39, 0.29) is 11.4 Å². The zero-order valence-electron chi connectivity index (χ0n) is 17.5. The summed E-state index contributed by atoms with van der Waals surface area (Å²) in [6, 6.07) is 12.0. The van der Waals surface area contributed by atoms with Gasteiger partial charge in [-0.05, 0) is 35.9 Å². The number of nitrogens with zero attached hydrogens (tertiary/aromatic N) is 3. The summed E-state index contributed by atoms with van der Waals surface area (Å²) in [7, 11) is -0.660. The summed E-state index contributed by atoms with van der Waals surface area (Å²) < 4.78 is 43.8. The predicted octanol–water partition coefficient (Wildman–Crippen LogP) is 3.53. The maximum absolute atomic E-state index is 13.3. The molecule has 3 rings (SSSR count). The normalized spacial score (nSPS) is 11.6. The van der Waals surface area contributed by atoms with Crippen LogP contribution in [-0.2, 0) is 23.0 Å². The van der Waals surface area contributed by atoms with Gasteiger partial charge in [0.05, 0.1) is 24.7 Å². The van der Waals surface area contributed by atoms with Crippen LogP contribution in [0.4, 0.5) is 0 Å². The van der Waals surface area contributed by atoms with Crippen LogP contribution in [-0.4, -0.2) is 43.6 Å². The lowest BCUT2D eigenvalue weighted by atomic mass is 10.2. The van der Waals surface area contributed by atoms with Crippen molar-refractivity contribution in [3.63, 3.8) is 0 Å². The summed E-state index contributed by atoms with van der Waals surface area (Å²) in [6.07, 6.45) is 0.582. The molecule has 0 unspecified atom stereocenters. The zero-order chi connectivity index (χ0) is 21.7. The summed E-state index contributed by atoms with van der Waals surface area (Å²) in [5.41, 5.74) is 1.32. The molecule has 0 aliphatic carbocycles. The highest BCUT2D eigenvalue weighted by Gasteiger charge is 2.25. The highest BCUT2D eigenvalue weighted by Crippen LogP contribution is 2.32. The topological polar surface area (TPSA) is 94.8 Å². The van der Waals surface area contributed by atoms with Crippen molar-refractivity contribution in [2.45, 2.75) is 31.7 Å². The Morgan fingerprint density at radius 3 is 2.33 bits per heavy atom. The van der Waals surface area contributed by atoms with Gasteiger partial charge in [0.25, 0.3) is 0 Å². The first kappa shape index (κ1) is 21.8. The standard InChI is InChI=1S/C21H25N3O5S/c1-5-20-22-21(23-29-20)18-13-17(11-12-19(18)28-4)30(25,26)24(6-2)14-15-7-9-16(27-3)10-8-15/h7-13H,5-6,14H2,1-4H3. The molecule has 0 saturated heterocycles. The molecule has 30 heavy (non-hydrogen) atoms. The van der Waals surface area contributed by atoms with E-state index < -0.39 is 10.0 Å². The van der Waals surface area contributed by atoms with Crippen LogP contribution in [0, 0.1) is 0 Å². The van der Waals surface area contributed by atoms with Crippen LogP contribution in [0.3, 0.4) is 0 Å². The molecule has 0 spiro atoms. The van der Waals surface area contributed by atoms with E-state index in [1.165, 1.54) is 23.5 Å². The van der Waals surface area contributed by atoms with Gasteiger partial charge < -0.3 is 14.0 Å². The average molecular weight is 432 g/mol. The first-order valence-electron chi connectivity index (χ1n) is 9.57. The minimum atomic E-state index is -3.76. The van der Waals surface area contributed by atoms with E-state index in [1.54, 1.807) is 20.1 Å². The number of benzene rings is 2. The van der Waals surface area contributed by atoms with Crippen LogP contribution in [0.25, 0.3) is 11.4 Å². The van der Waals surface area contributed by atoms with Crippen LogP contribution in [0.15, 0.2) is 51.9 Å². The maximum Gasteiger partial charge on any atom is 0.243 e. The van der Waals surface area contributed by atoms with Crippen molar-refractivity contribution in [3.8, 4) is 22.9 Å². The van der Waals surface area contributed by atoms with Gasteiger partial charge in [0.15, 0.2) is 0 Å². The van der Waals surface area contributed by atoms with E-state index in [0.717, 1.165) is 11.3 Å². The SMILES string of the molecule is CCc1nc(-c2cc(S(=O)(=O)N(CC)Cc3ccc(OC)cc3)ccc2OC)no1. The Bertz CT molecular complexity index is 1090. The van der Waals surface area contributed by atoms with Crippen LogP contribution >= 0.6 is 0 Å². The fourth-order valence-corrected chi connectivity index (χ4v) is 4.44. The second kappa shape index (κ2) is 9.27. The third-order valence-corrected chi connectivity index (χ3v) is 6.61. The molecule has 1 aromatic heterocycles. The van der Waals surface area contributed by atoms with E-state index in [4.69, 9.17) is 14.0 Å². The Kier molecular flexibility index (Phi) is 6.73. The molecule has 0 aliphatic heterocycles. The lowest BCUT2D eigenvalue weighted by molar-refractivity contribution is 0.382.